The molecule has 1 aromatic heterocycles. The quantitative estimate of drug-likeness (QED) is 0.691. The minimum atomic E-state index is -2.64. The Morgan fingerprint density at radius 2 is 1.42 bits per heavy atom. The van der Waals surface area contributed by atoms with Crippen molar-refractivity contribution < 1.29 is 18.3 Å². The molecular formula is C18H16F2N2O2. The Bertz CT molecular complexity index is 747. The lowest BCUT2D eigenvalue weighted by atomic mass is 10.2. The molecule has 24 heavy (non-hydrogen) atoms. The lowest BCUT2D eigenvalue weighted by Crippen LogP contribution is -1.96. The maximum Gasteiger partial charge on any atom is 0.281 e. The molecule has 0 N–H and O–H groups in total. The van der Waals surface area contributed by atoms with Gasteiger partial charge in [0.1, 0.15) is 23.0 Å². The number of aromatic nitrogens is 2. The molecule has 0 unspecified atom stereocenters. The van der Waals surface area contributed by atoms with Gasteiger partial charge in [0.05, 0.1) is 14.2 Å². The van der Waals surface area contributed by atoms with Gasteiger partial charge in [-0.2, -0.15) is 0 Å². The topological polar surface area (TPSA) is 36.3 Å². The molecule has 1 heterocycles. The number of rotatable bonds is 5. The van der Waals surface area contributed by atoms with Crippen molar-refractivity contribution in [2.75, 3.05) is 14.2 Å². The Kier molecular flexibility index (Phi) is 4.46. The van der Waals surface area contributed by atoms with E-state index in [4.69, 9.17) is 9.47 Å². The van der Waals surface area contributed by atoms with Crippen LogP contribution >= 0.6 is 0 Å². The van der Waals surface area contributed by atoms with Crippen LogP contribution < -0.4 is 9.47 Å². The lowest BCUT2D eigenvalue weighted by Gasteiger charge is -2.09. The molecule has 0 aliphatic carbocycles. The van der Waals surface area contributed by atoms with Gasteiger partial charge in [-0.05, 0) is 48.5 Å². The number of imidazole rings is 1. The zero-order chi connectivity index (χ0) is 17.1. The first kappa shape index (κ1) is 16.0. The van der Waals surface area contributed by atoms with Crippen molar-refractivity contribution in [1.29, 1.82) is 0 Å². The van der Waals surface area contributed by atoms with Crippen molar-refractivity contribution in [3.63, 3.8) is 0 Å². The molecule has 6 heteroatoms. The highest BCUT2D eigenvalue weighted by Gasteiger charge is 2.17. The number of methoxy groups -OCH3 is 2. The Labute approximate surface area is 138 Å². The molecule has 0 bridgehead atoms. The van der Waals surface area contributed by atoms with Crippen LogP contribution in [0.2, 0.25) is 0 Å². The van der Waals surface area contributed by atoms with Gasteiger partial charge in [0, 0.05) is 17.4 Å². The summed E-state index contributed by atoms with van der Waals surface area (Å²) in [5.41, 5.74) is 1.18. The number of hydrogen-bond acceptors (Lipinski definition) is 3. The lowest BCUT2D eigenvalue weighted by molar-refractivity contribution is 0.146. The van der Waals surface area contributed by atoms with Gasteiger partial charge in [0.25, 0.3) is 6.43 Å². The molecule has 124 valence electrons. The Hall–Kier alpha value is -2.89. The van der Waals surface area contributed by atoms with Crippen LogP contribution in [0.4, 0.5) is 8.78 Å². The highest BCUT2D eigenvalue weighted by Crippen LogP contribution is 2.29. The Balaban J connectivity index is 2.09. The third-order valence-electron chi connectivity index (χ3n) is 3.65. The molecule has 3 aromatic rings. The summed E-state index contributed by atoms with van der Waals surface area (Å²) in [5, 5.41) is 0. The number of alkyl halides is 2. The summed E-state index contributed by atoms with van der Waals surface area (Å²) < 4.78 is 38.1. The summed E-state index contributed by atoms with van der Waals surface area (Å²) in [6.07, 6.45) is -1.28. The zero-order valence-electron chi connectivity index (χ0n) is 13.2. The van der Waals surface area contributed by atoms with E-state index in [0.717, 1.165) is 11.3 Å². The van der Waals surface area contributed by atoms with Gasteiger partial charge < -0.3 is 9.47 Å². The predicted molar refractivity (Wildman–Crippen MR) is 87.1 cm³/mol. The zero-order valence-corrected chi connectivity index (χ0v) is 13.2. The summed E-state index contributed by atoms with van der Waals surface area (Å²) in [6, 6.07) is 14.2. The number of nitrogens with zero attached hydrogens (tertiary/aromatic N) is 2. The van der Waals surface area contributed by atoms with E-state index in [1.807, 2.05) is 0 Å². The molecule has 0 atom stereocenters. The molecule has 0 radical (unpaired) electrons. The normalized spacial score (nSPS) is 10.9. The van der Waals surface area contributed by atoms with Gasteiger partial charge in [-0.15, -0.1) is 0 Å². The van der Waals surface area contributed by atoms with Crippen LogP contribution in [0.15, 0.2) is 54.7 Å². The highest BCUT2D eigenvalue weighted by molar-refractivity contribution is 5.60. The van der Waals surface area contributed by atoms with E-state index in [1.54, 1.807) is 67.3 Å². The van der Waals surface area contributed by atoms with E-state index < -0.39 is 6.43 Å². The fraction of sp³-hybridized carbons (Fsp3) is 0.167. The molecule has 2 aromatic carbocycles. The van der Waals surface area contributed by atoms with E-state index in [1.165, 1.54) is 6.20 Å². The van der Waals surface area contributed by atoms with Gasteiger partial charge in [0.2, 0.25) is 0 Å². The fourth-order valence-electron chi connectivity index (χ4n) is 2.39. The molecule has 4 nitrogen and oxygen atoms in total. The smallest absolute Gasteiger partial charge is 0.281 e. The Morgan fingerprint density at radius 3 is 1.92 bits per heavy atom. The van der Waals surface area contributed by atoms with E-state index >= 15 is 0 Å². The van der Waals surface area contributed by atoms with Crippen LogP contribution in [0, 0.1) is 0 Å². The number of ether oxygens (including phenoxy) is 2. The van der Waals surface area contributed by atoms with Gasteiger partial charge in [-0.3, -0.25) is 4.57 Å². The minimum Gasteiger partial charge on any atom is -0.497 e. The van der Waals surface area contributed by atoms with E-state index in [-0.39, 0.29) is 5.69 Å². The molecular weight excluding hydrogens is 314 g/mol. The van der Waals surface area contributed by atoms with Gasteiger partial charge in [0.15, 0.2) is 0 Å². The summed E-state index contributed by atoms with van der Waals surface area (Å²) in [7, 11) is 3.14. The first-order valence-corrected chi connectivity index (χ1v) is 7.28. The van der Waals surface area contributed by atoms with Crippen LogP contribution in [-0.4, -0.2) is 23.8 Å². The average molecular weight is 330 g/mol. The van der Waals surface area contributed by atoms with Gasteiger partial charge >= 0.3 is 0 Å². The van der Waals surface area contributed by atoms with Crippen molar-refractivity contribution >= 4 is 0 Å². The SMILES string of the molecule is COc1ccc(-c2nc(C(F)F)cn2-c2ccc(OC)cc2)cc1. The second-order valence-corrected chi connectivity index (χ2v) is 5.09. The molecule has 0 aliphatic heterocycles. The largest absolute Gasteiger partial charge is 0.497 e. The standard InChI is InChI=1S/C18H16F2N2O2/c1-23-14-7-3-12(4-8-14)18-21-16(17(19)20)11-22(18)13-5-9-15(24-2)10-6-13/h3-11,17H,1-2H3. The summed E-state index contributed by atoms with van der Waals surface area (Å²) in [4.78, 5) is 4.10. The van der Waals surface area contributed by atoms with E-state index in [9.17, 15) is 8.78 Å². The third kappa shape index (κ3) is 3.08. The predicted octanol–water partition coefficient (Wildman–Crippen LogP) is 4.49. The summed E-state index contributed by atoms with van der Waals surface area (Å²) in [5.74, 6) is 1.83. The monoisotopic (exact) mass is 330 g/mol. The van der Waals surface area contributed by atoms with Crippen molar-refractivity contribution in [2.24, 2.45) is 0 Å². The van der Waals surface area contributed by atoms with E-state index in [0.29, 0.717) is 17.3 Å². The molecule has 0 spiro atoms. The fourth-order valence-corrected chi connectivity index (χ4v) is 2.39. The molecule has 3 rings (SSSR count). The maximum absolute atomic E-state index is 13.1. The van der Waals surface area contributed by atoms with Crippen LogP contribution in [0.25, 0.3) is 17.1 Å². The number of halogens is 2. The average Bonchev–Trinajstić information content (AvgIpc) is 3.07. The molecule has 0 fully saturated rings. The van der Waals surface area contributed by atoms with Crippen LogP contribution in [0.5, 0.6) is 11.5 Å². The first-order valence-electron chi connectivity index (χ1n) is 7.28. The van der Waals surface area contributed by atoms with Crippen LogP contribution in [0.3, 0.4) is 0 Å². The molecule has 0 saturated carbocycles. The van der Waals surface area contributed by atoms with Gasteiger partial charge in [-0.1, -0.05) is 0 Å². The number of hydrogen-bond donors (Lipinski definition) is 0. The summed E-state index contributed by atoms with van der Waals surface area (Å²) in [6.45, 7) is 0. The highest BCUT2D eigenvalue weighted by atomic mass is 19.3. The van der Waals surface area contributed by atoms with E-state index in [2.05, 4.69) is 4.98 Å². The molecule has 0 aliphatic rings. The van der Waals surface area contributed by atoms with Crippen molar-refractivity contribution in [3.8, 4) is 28.6 Å². The third-order valence-corrected chi connectivity index (χ3v) is 3.65. The van der Waals surface area contributed by atoms with Crippen molar-refractivity contribution in [1.82, 2.24) is 9.55 Å². The van der Waals surface area contributed by atoms with Crippen LogP contribution in [-0.2, 0) is 0 Å². The van der Waals surface area contributed by atoms with Crippen molar-refractivity contribution in [2.45, 2.75) is 6.43 Å². The summed E-state index contributed by atoms with van der Waals surface area (Å²) >= 11 is 0. The molecule has 0 saturated heterocycles. The number of benzene rings is 2. The first-order chi connectivity index (χ1) is 11.6. The minimum absolute atomic E-state index is 0.267. The Morgan fingerprint density at radius 1 is 0.875 bits per heavy atom. The second kappa shape index (κ2) is 6.70. The second-order valence-electron chi connectivity index (χ2n) is 5.09. The van der Waals surface area contributed by atoms with Crippen molar-refractivity contribution in [3.05, 3.63) is 60.4 Å². The maximum atomic E-state index is 13.1. The van der Waals surface area contributed by atoms with Gasteiger partial charge in [-0.25, -0.2) is 13.8 Å². The molecule has 0 amide bonds. The van der Waals surface area contributed by atoms with Crippen LogP contribution in [0.1, 0.15) is 12.1 Å².